The van der Waals surface area contributed by atoms with E-state index in [0.717, 1.165) is 150 Å². The van der Waals surface area contributed by atoms with Gasteiger partial charge >= 0.3 is 12.2 Å². The van der Waals surface area contributed by atoms with Crippen LogP contribution in [-0.2, 0) is 73.9 Å². The van der Waals surface area contributed by atoms with Gasteiger partial charge in [0.15, 0.2) is 0 Å². The normalized spacial score (nSPS) is 25.0. The Kier molecular flexibility index (Phi) is 25.7. The summed E-state index contributed by atoms with van der Waals surface area (Å²) in [5.74, 6) is -1.55. The molecule has 4 aliphatic heterocycles. The van der Waals surface area contributed by atoms with Gasteiger partial charge in [0.05, 0.1) is 60.2 Å². The lowest BCUT2D eigenvalue weighted by molar-refractivity contribution is -0.142. The Bertz CT molecular complexity index is 3770. The molecule has 0 aromatic heterocycles. The first-order chi connectivity index (χ1) is 51.3. The molecule has 6 N–H and O–H groups in total. The fraction of sp³-hybridized carbons (Fsp3) is 0.590. The van der Waals surface area contributed by atoms with Crippen LogP contribution in [0.1, 0.15) is 188 Å². The van der Waals surface area contributed by atoms with Crippen molar-refractivity contribution in [2.45, 2.75) is 229 Å². The van der Waals surface area contributed by atoms with E-state index in [9.17, 15) is 47.9 Å². The zero-order valence-electron chi connectivity index (χ0n) is 62.6. The Morgan fingerprint density at radius 1 is 0.500 bits per heavy atom. The average Bonchev–Trinajstić information content (AvgIpc) is 1.59. The highest BCUT2D eigenvalue weighted by Gasteiger charge is 2.58. The molecule has 8 fully saturated rings. The summed E-state index contributed by atoms with van der Waals surface area (Å²) < 4.78 is 10.5. The van der Waals surface area contributed by atoms with Crippen molar-refractivity contribution in [1.82, 2.24) is 50.7 Å². The van der Waals surface area contributed by atoms with Crippen LogP contribution in [0.4, 0.5) is 9.59 Å². The molecule has 0 bridgehead atoms. The van der Waals surface area contributed by atoms with Gasteiger partial charge < -0.3 is 56.1 Å². The maximum Gasteiger partial charge on any atom is 0.416 e. The first-order valence-electron chi connectivity index (χ1n) is 39.4. The molecule has 6 aliphatic carbocycles. The molecule has 4 heterocycles. The highest BCUT2D eigenvalue weighted by Crippen LogP contribution is 2.45. The van der Waals surface area contributed by atoms with Crippen LogP contribution in [-0.4, -0.2) is 185 Å². The maximum absolute atomic E-state index is 14.8. The monoisotopic (exact) mass is 1450 g/mol. The third-order valence-corrected chi connectivity index (χ3v) is 24.5. The van der Waals surface area contributed by atoms with E-state index in [2.05, 4.69) is 51.6 Å². The number of amides is 10. The molecule has 1 unspecified atom stereocenters. The molecule has 4 saturated heterocycles. The number of fused-ring (bicyclic) bond motifs is 4. The van der Waals surface area contributed by atoms with Crippen LogP contribution in [0.25, 0.3) is 0 Å². The number of nitrogens with zero attached hydrogens (tertiary/aromatic N) is 6. The van der Waals surface area contributed by atoms with Gasteiger partial charge in [-0.05, 0) is 169 Å². The number of hydrogen-bond donors (Lipinski definition) is 5. The number of likely N-dealkylation sites (tertiary alicyclic amines) is 4. The first kappa shape index (κ1) is 76.9. The number of rotatable bonds is 19. The van der Waals surface area contributed by atoms with Crippen molar-refractivity contribution < 1.29 is 57.4 Å². The van der Waals surface area contributed by atoms with E-state index in [-0.39, 0.29) is 108 Å². The minimum absolute atomic E-state index is 0.00423. The second kappa shape index (κ2) is 35.3. The van der Waals surface area contributed by atoms with Crippen LogP contribution in [0, 0.1) is 35.5 Å². The molecule has 10 aliphatic rings. The van der Waals surface area contributed by atoms with Crippen molar-refractivity contribution in [2.75, 3.05) is 47.3 Å². The number of nitrogens with two attached hydrogens (primary N) is 1. The average molecular weight is 1450 g/mol. The summed E-state index contributed by atoms with van der Waals surface area (Å²) in [5.41, 5.74) is 13.2. The number of hydrogen-bond acceptors (Lipinski definition) is 14. The predicted octanol–water partition coefficient (Wildman–Crippen LogP) is 9.06. The Labute approximate surface area is 624 Å². The number of nitrogens with one attached hydrogen (secondary N) is 4. The van der Waals surface area contributed by atoms with Crippen molar-refractivity contribution in [3.8, 4) is 0 Å². The lowest BCUT2D eigenvalue weighted by Crippen LogP contribution is -2.59. The molecule has 106 heavy (non-hydrogen) atoms. The summed E-state index contributed by atoms with van der Waals surface area (Å²) in [6.45, 7) is 5.26. The summed E-state index contributed by atoms with van der Waals surface area (Å²) in [6, 6.07) is 31.5. The lowest BCUT2D eigenvalue weighted by Gasteiger charge is -2.37. The molecule has 23 nitrogen and oxygen atoms in total. The highest BCUT2D eigenvalue weighted by atomic mass is 16.6. The van der Waals surface area contributed by atoms with E-state index in [4.69, 9.17) is 15.2 Å². The molecule has 4 aromatic rings. The van der Waals surface area contributed by atoms with E-state index < -0.39 is 60.1 Å². The molecule has 4 saturated carbocycles. The van der Waals surface area contributed by atoms with Crippen molar-refractivity contribution in [3.63, 3.8) is 0 Å². The summed E-state index contributed by atoms with van der Waals surface area (Å²) in [6.07, 6.45) is 19.6. The predicted molar refractivity (Wildman–Crippen MR) is 399 cm³/mol. The second-order valence-electron chi connectivity index (χ2n) is 31.4. The van der Waals surface area contributed by atoms with Crippen LogP contribution in [0.3, 0.4) is 0 Å². The summed E-state index contributed by atoms with van der Waals surface area (Å²) in [4.78, 5) is 143. The van der Waals surface area contributed by atoms with Crippen LogP contribution < -0.4 is 27.0 Å². The van der Waals surface area contributed by atoms with Gasteiger partial charge in [-0.3, -0.25) is 43.3 Å². The maximum atomic E-state index is 14.8. The molecule has 10 amide bonds. The number of benzene rings is 4. The van der Waals surface area contributed by atoms with Gasteiger partial charge in [-0.25, -0.2) is 14.5 Å². The van der Waals surface area contributed by atoms with E-state index in [0.29, 0.717) is 32.6 Å². The Morgan fingerprint density at radius 2 is 0.934 bits per heavy atom. The Balaban J connectivity index is 0.000000168. The standard InChI is InChI=1S/C41H53N5O6.C29H40N4O3.C13H18N2O3/c1-26(44(2)41(51)52-25-27-12-5-3-6-13-27)37(47)43-35(29-15-7-4-8-16-29)40(50)45-23-22-34-36(45)32(24-46(34)39(49)30-20-21-30)38(48)42-33-19-11-17-28-14-9-10-18-31(28)33;30-25(19-8-2-1-3-9-19)29(36)32-16-15-24-26(32)22(17-33(24)28(35)20-13-14-20)27(34)31-23-12-6-10-18-7-4-5-11-21(18)23;1-10(14-2)12(16)15(3)13(17)18-9-11-7-5-4-6-8-11/h3,5-6,9-10,12-14,18,26,29-30,32-36H,4,7-8,11,15-17,19-25H2,1-2H3,(H,42,48)(H,43,47);4-5,7,11,19-20,22-26H,1-3,6,8-10,12-17,30H2,(H,31,34);4-8,10,14H,9H2,1-3H3/t26-,32-,33+,34+,35-,36+;22-,23+,24+,25-,26+;/m00./s1. The molecular formula is C83H111N11O12. The summed E-state index contributed by atoms with van der Waals surface area (Å²) in [5, 5.41) is 12.5. The molecule has 14 rings (SSSR count). The smallest absolute Gasteiger partial charge is 0.416 e. The van der Waals surface area contributed by atoms with Gasteiger partial charge in [0.2, 0.25) is 47.3 Å². The van der Waals surface area contributed by atoms with Gasteiger partial charge in [-0.1, -0.05) is 148 Å². The van der Waals surface area contributed by atoms with Crippen molar-refractivity contribution in [2.24, 2.45) is 41.2 Å². The van der Waals surface area contributed by atoms with Gasteiger partial charge in [0.1, 0.15) is 25.3 Å². The third kappa shape index (κ3) is 17.9. The minimum Gasteiger partial charge on any atom is -0.445 e. The van der Waals surface area contributed by atoms with Crippen LogP contribution >= 0.6 is 0 Å². The molecular weight excluding hydrogens is 1340 g/mol. The summed E-state index contributed by atoms with van der Waals surface area (Å²) in [7, 11) is 4.59. The molecule has 0 spiro atoms. The Morgan fingerprint density at radius 3 is 1.40 bits per heavy atom. The van der Waals surface area contributed by atoms with Gasteiger partial charge in [0.25, 0.3) is 0 Å². The molecule has 4 aromatic carbocycles. The topological polar surface area (TPSA) is 283 Å². The number of aryl methyl sites for hydroxylation is 2. The van der Waals surface area contributed by atoms with Gasteiger partial charge in [-0.15, -0.1) is 0 Å². The zero-order valence-corrected chi connectivity index (χ0v) is 62.6. The van der Waals surface area contributed by atoms with Crippen LogP contribution in [0.2, 0.25) is 0 Å². The fourth-order valence-corrected chi connectivity index (χ4v) is 17.8. The van der Waals surface area contributed by atoms with Crippen LogP contribution in [0.15, 0.2) is 109 Å². The van der Waals surface area contributed by atoms with Crippen molar-refractivity contribution in [1.29, 1.82) is 0 Å². The van der Waals surface area contributed by atoms with Gasteiger partial charge in [0, 0.05) is 52.1 Å². The van der Waals surface area contributed by atoms with E-state index in [1.165, 1.54) is 42.1 Å². The number of carbonyl (C=O) groups excluding carboxylic acids is 10. The number of carbonyl (C=O) groups is 10. The Hall–Kier alpha value is -8.70. The molecule has 23 heteroatoms. The van der Waals surface area contributed by atoms with Crippen LogP contribution in [0.5, 0.6) is 0 Å². The zero-order chi connectivity index (χ0) is 74.7. The third-order valence-electron chi connectivity index (χ3n) is 24.5. The quantitative estimate of drug-likeness (QED) is 0.0586. The second-order valence-corrected chi connectivity index (χ2v) is 31.4. The van der Waals surface area contributed by atoms with E-state index >= 15 is 0 Å². The fourth-order valence-electron chi connectivity index (χ4n) is 17.8. The van der Waals surface area contributed by atoms with Crippen molar-refractivity contribution in [3.05, 3.63) is 143 Å². The van der Waals surface area contributed by atoms with E-state index in [1.54, 1.807) is 20.9 Å². The highest BCUT2D eigenvalue weighted by molar-refractivity contribution is 5.95. The largest absolute Gasteiger partial charge is 0.445 e. The molecule has 0 radical (unpaired) electrons. The molecule has 570 valence electrons. The lowest BCUT2D eigenvalue weighted by atomic mass is 9.82. The number of ether oxygens (including phenoxy) is 2. The molecule has 12 atom stereocenters. The SMILES string of the molecule is CNC(C)C(=O)N(C)C(=O)OCc1ccccc1.C[C@@H](C(=O)N[C@H](C(=O)N1CC[C@@H]2[C@H]1[C@@H](C(=O)N[C@@H]1CCCc3ccccc31)CN2C(=O)C1CC1)C1CCCCC1)N(C)C(=O)OCc1ccccc1.N[C@H](C(=O)N1CC[C@@H]2[C@H]1[C@@H](C(=O)N[C@@H]1CCCc3ccccc31)CN2C(=O)C1CC1)C1CCCCC1. The summed E-state index contributed by atoms with van der Waals surface area (Å²) >= 11 is 0. The van der Waals surface area contributed by atoms with E-state index in [1.807, 2.05) is 98.5 Å². The first-order valence-corrected chi connectivity index (χ1v) is 39.4. The number of likely N-dealkylation sites (N-methyl/N-ethyl adjacent to an activating group) is 3. The minimum atomic E-state index is -0.886. The number of imide groups is 1. The van der Waals surface area contributed by atoms with Gasteiger partial charge in [-0.2, -0.15) is 0 Å². The van der Waals surface area contributed by atoms with Crippen molar-refractivity contribution >= 4 is 59.4 Å².